The molecule has 0 aromatic heterocycles. The summed E-state index contributed by atoms with van der Waals surface area (Å²) < 4.78 is 10.4. The fraction of sp³-hybridized carbons (Fsp3) is 0.462. The van der Waals surface area contributed by atoms with Crippen molar-refractivity contribution in [2.75, 3.05) is 20.3 Å². The summed E-state index contributed by atoms with van der Waals surface area (Å²) in [5.41, 5.74) is 0.553. The van der Waals surface area contributed by atoms with Gasteiger partial charge in [0.15, 0.2) is 0 Å². The minimum absolute atomic E-state index is 0.0258. The van der Waals surface area contributed by atoms with Crippen LogP contribution in [-0.2, 0) is 4.74 Å². The number of para-hydroxylation sites is 1. The minimum Gasteiger partial charge on any atom is -0.493 e. The average molecular weight is 237 g/mol. The van der Waals surface area contributed by atoms with Crippen LogP contribution in [0.3, 0.4) is 0 Å². The number of methoxy groups -OCH3 is 1. The van der Waals surface area contributed by atoms with Crippen LogP contribution < -0.4 is 10.1 Å². The molecule has 1 amide bonds. The molecule has 94 valence electrons. The maximum Gasteiger partial charge on any atom is 0.255 e. The average Bonchev–Trinajstić information content (AvgIpc) is 2.30. The molecule has 1 rings (SSSR count). The topological polar surface area (TPSA) is 47.6 Å². The Bertz CT molecular complexity index is 365. The molecule has 0 spiro atoms. The molecule has 0 saturated heterocycles. The third kappa shape index (κ3) is 4.07. The molecular weight excluding hydrogens is 218 g/mol. The van der Waals surface area contributed by atoms with Crippen molar-refractivity contribution in [3.8, 4) is 5.75 Å². The first-order valence-corrected chi connectivity index (χ1v) is 5.70. The zero-order chi connectivity index (χ0) is 12.7. The first kappa shape index (κ1) is 13.5. The molecule has 0 aliphatic carbocycles. The second kappa shape index (κ2) is 6.91. The van der Waals surface area contributed by atoms with Crippen molar-refractivity contribution in [1.82, 2.24) is 5.32 Å². The van der Waals surface area contributed by atoms with Gasteiger partial charge in [-0.05, 0) is 26.0 Å². The smallest absolute Gasteiger partial charge is 0.255 e. The van der Waals surface area contributed by atoms with Gasteiger partial charge in [-0.15, -0.1) is 0 Å². The summed E-state index contributed by atoms with van der Waals surface area (Å²) in [6.07, 6.45) is 0. The van der Waals surface area contributed by atoms with Gasteiger partial charge in [-0.1, -0.05) is 12.1 Å². The van der Waals surface area contributed by atoms with Crippen LogP contribution in [0.25, 0.3) is 0 Å². The van der Waals surface area contributed by atoms with E-state index in [4.69, 9.17) is 9.47 Å². The van der Waals surface area contributed by atoms with Crippen molar-refractivity contribution in [1.29, 1.82) is 0 Å². The van der Waals surface area contributed by atoms with Crippen molar-refractivity contribution in [2.24, 2.45) is 0 Å². The molecule has 0 saturated carbocycles. The third-order valence-electron chi connectivity index (χ3n) is 2.23. The van der Waals surface area contributed by atoms with E-state index in [1.54, 1.807) is 19.2 Å². The van der Waals surface area contributed by atoms with Crippen molar-refractivity contribution in [3.05, 3.63) is 29.8 Å². The highest BCUT2D eigenvalue weighted by Crippen LogP contribution is 2.17. The summed E-state index contributed by atoms with van der Waals surface area (Å²) >= 11 is 0. The lowest BCUT2D eigenvalue weighted by molar-refractivity contribution is 0.0902. The Labute approximate surface area is 102 Å². The largest absolute Gasteiger partial charge is 0.493 e. The van der Waals surface area contributed by atoms with Gasteiger partial charge in [0.1, 0.15) is 5.75 Å². The van der Waals surface area contributed by atoms with E-state index in [2.05, 4.69) is 5.32 Å². The molecule has 0 heterocycles. The van der Waals surface area contributed by atoms with Gasteiger partial charge in [0.2, 0.25) is 0 Å². The van der Waals surface area contributed by atoms with Crippen LogP contribution in [0.1, 0.15) is 24.2 Å². The van der Waals surface area contributed by atoms with Gasteiger partial charge < -0.3 is 14.8 Å². The predicted molar refractivity (Wildman–Crippen MR) is 66.4 cm³/mol. The lowest BCUT2D eigenvalue weighted by Crippen LogP contribution is -2.35. The van der Waals surface area contributed by atoms with Gasteiger partial charge in [0.25, 0.3) is 5.91 Å². The Morgan fingerprint density at radius 2 is 2.12 bits per heavy atom. The van der Waals surface area contributed by atoms with E-state index in [1.807, 2.05) is 26.0 Å². The SMILES string of the molecule is CCOc1ccccc1C(=O)N[C@@H](C)COC. The highest BCUT2D eigenvalue weighted by Gasteiger charge is 2.13. The first-order chi connectivity index (χ1) is 8.19. The Kier molecular flexibility index (Phi) is 5.49. The Hall–Kier alpha value is -1.55. The molecular formula is C13H19NO3. The van der Waals surface area contributed by atoms with Crippen LogP contribution >= 0.6 is 0 Å². The quantitative estimate of drug-likeness (QED) is 0.821. The first-order valence-electron chi connectivity index (χ1n) is 5.70. The van der Waals surface area contributed by atoms with Crippen LogP contribution in [0, 0.1) is 0 Å². The third-order valence-corrected chi connectivity index (χ3v) is 2.23. The lowest BCUT2D eigenvalue weighted by atomic mass is 10.2. The van der Waals surface area contributed by atoms with E-state index in [0.29, 0.717) is 24.5 Å². The van der Waals surface area contributed by atoms with E-state index < -0.39 is 0 Å². The maximum atomic E-state index is 12.0. The molecule has 17 heavy (non-hydrogen) atoms. The molecule has 0 fully saturated rings. The number of hydrogen-bond donors (Lipinski definition) is 1. The van der Waals surface area contributed by atoms with Gasteiger partial charge in [0, 0.05) is 13.2 Å². The van der Waals surface area contributed by atoms with Crippen LogP contribution in [0.15, 0.2) is 24.3 Å². The predicted octanol–water partition coefficient (Wildman–Crippen LogP) is 1.85. The summed E-state index contributed by atoms with van der Waals surface area (Å²) in [6, 6.07) is 7.18. The van der Waals surface area contributed by atoms with Gasteiger partial charge in [-0.3, -0.25) is 4.79 Å². The molecule has 0 aliphatic rings. The molecule has 1 aromatic carbocycles. The summed E-state index contributed by atoms with van der Waals surface area (Å²) in [5.74, 6) is 0.468. The van der Waals surface area contributed by atoms with Crippen LogP contribution in [-0.4, -0.2) is 32.3 Å². The summed E-state index contributed by atoms with van der Waals surface area (Å²) in [7, 11) is 1.61. The second-order valence-electron chi connectivity index (χ2n) is 3.76. The number of hydrogen-bond acceptors (Lipinski definition) is 3. The Morgan fingerprint density at radius 1 is 1.41 bits per heavy atom. The van der Waals surface area contributed by atoms with E-state index >= 15 is 0 Å². The Balaban J connectivity index is 2.74. The van der Waals surface area contributed by atoms with E-state index in [0.717, 1.165) is 0 Å². The van der Waals surface area contributed by atoms with Crippen molar-refractivity contribution in [2.45, 2.75) is 19.9 Å². The normalized spacial score (nSPS) is 11.9. The summed E-state index contributed by atoms with van der Waals surface area (Å²) in [5, 5.41) is 2.85. The molecule has 0 radical (unpaired) electrons. The number of carbonyl (C=O) groups is 1. The van der Waals surface area contributed by atoms with Gasteiger partial charge in [0.05, 0.1) is 18.8 Å². The second-order valence-corrected chi connectivity index (χ2v) is 3.76. The molecule has 0 bridgehead atoms. The van der Waals surface area contributed by atoms with Crippen molar-refractivity contribution >= 4 is 5.91 Å². The zero-order valence-corrected chi connectivity index (χ0v) is 10.5. The number of ether oxygens (including phenoxy) is 2. The molecule has 4 nitrogen and oxygen atoms in total. The van der Waals surface area contributed by atoms with Crippen LogP contribution in [0.5, 0.6) is 5.75 Å². The fourth-order valence-corrected chi connectivity index (χ4v) is 1.53. The standard InChI is InChI=1S/C13H19NO3/c1-4-17-12-8-6-5-7-11(12)13(15)14-10(2)9-16-3/h5-8,10H,4,9H2,1-3H3,(H,14,15)/t10-/m0/s1. The molecule has 1 atom stereocenters. The fourth-order valence-electron chi connectivity index (χ4n) is 1.53. The van der Waals surface area contributed by atoms with E-state index in [-0.39, 0.29) is 11.9 Å². The maximum absolute atomic E-state index is 12.0. The molecule has 0 aliphatic heterocycles. The van der Waals surface area contributed by atoms with E-state index in [9.17, 15) is 4.79 Å². The highest BCUT2D eigenvalue weighted by molar-refractivity contribution is 5.97. The number of nitrogens with one attached hydrogen (secondary N) is 1. The molecule has 1 aromatic rings. The summed E-state index contributed by atoms with van der Waals surface area (Å²) in [4.78, 5) is 12.0. The van der Waals surface area contributed by atoms with Crippen LogP contribution in [0.2, 0.25) is 0 Å². The zero-order valence-electron chi connectivity index (χ0n) is 10.5. The monoisotopic (exact) mass is 237 g/mol. The lowest BCUT2D eigenvalue weighted by Gasteiger charge is -2.14. The number of benzene rings is 1. The molecule has 0 unspecified atom stereocenters. The minimum atomic E-state index is -0.140. The number of amides is 1. The van der Waals surface area contributed by atoms with Gasteiger partial charge >= 0.3 is 0 Å². The molecule has 1 N–H and O–H groups in total. The molecule has 4 heteroatoms. The highest BCUT2D eigenvalue weighted by atomic mass is 16.5. The Morgan fingerprint density at radius 3 is 2.76 bits per heavy atom. The summed E-state index contributed by atoms with van der Waals surface area (Å²) in [6.45, 7) is 4.81. The van der Waals surface area contributed by atoms with Crippen molar-refractivity contribution < 1.29 is 14.3 Å². The van der Waals surface area contributed by atoms with Crippen molar-refractivity contribution in [3.63, 3.8) is 0 Å². The van der Waals surface area contributed by atoms with E-state index in [1.165, 1.54) is 0 Å². The van der Waals surface area contributed by atoms with Crippen LogP contribution in [0.4, 0.5) is 0 Å². The van der Waals surface area contributed by atoms with Gasteiger partial charge in [-0.2, -0.15) is 0 Å². The number of rotatable bonds is 6. The van der Waals surface area contributed by atoms with Gasteiger partial charge in [-0.25, -0.2) is 0 Å². The number of carbonyl (C=O) groups excluding carboxylic acids is 1.